The van der Waals surface area contributed by atoms with Crippen molar-refractivity contribution in [1.82, 2.24) is 19.8 Å². The third kappa shape index (κ3) is 3.43. The first-order valence-electron chi connectivity index (χ1n) is 8.69. The van der Waals surface area contributed by atoms with E-state index in [1.54, 1.807) is 29.3 Å². The first kappa shape index (κ1) is 17.2. The molecule has 1 fully saturated rings. The number of carbonyl (C=O) groups is 2. The van der Waals surface area contributed by atoms with Crippen LogP contribution in [-0.4, -0.2) is 45.4 Å². The molecule has 3 rings (SSSR count). The lowest BCUT2D eigenvalue weighted by molar-refractivity contribution is 0.0777. The third-order valence-electron chi connectivity index (χ3n) is 4.83. The molecule has 0 aromatic carbocycles. The number of amides is 2. The van der Waals surface area contributed by atoms with Crippen molar-refractivity contribution in [3.05, 3.63) is 53.1 Å². The maximum Gasteiger partial charge on any atom is 0.272 e. The maximum atomic E-state index is 12.6. The van der Waals surface area contributed by atoms with Gasteiger partial charge in [-0.25, -0.2) is 0 Å². The van der Waals surface area contributed by atoms with Crippen LogP contribution in [0, 0.1) is 13.8 Å². The minimum absolute atomic E-state index is 0.0233. The summed E-state index contributed by atoms with van der Waals surface area (Å²) in [4.78, 5) is 30.9. The van der Waals surface area contributed by atoms with E-state index in [-0.39, 0.29) is 17.9 Å². The molecule has 1 aliphatic heterocycles. The highest BCUT2D eigenvalue weighted by molar-refractivity contribution is 5.96. The van der Waals surface area contributed by atoms with Crippen molar-refractivity contribution in [2.75, 3.05) is 13.1 Å². The number of nitrogens with one attached hydrogen (secondary N) is 1. The predicted molar refractivity (Wildman–Crippen MR) is 95.6 cm³/mol. The number of pyridine rings is 1. The van der Waals surface area contributed by atoms with Gasteiger partial charge in [-0.1, -0.05) is 6.07 Å². The summed E-state index contributed by atoms with van der Waals surface area (Å²) in [6, 6.07) is 7.22. The Bertz CT molecular complexity index is 782. The number of likely N-dealkylation sites (tertiary alicyclic amines) is 1. The molecule has 3 heterocycles. The van der Waals surface area contributed by atoms with E-state index in [4.69, 9.17) is 0 Å². The Kier molecular flexibility index (Phi) is 4.88. The lowest BCUT2D eigenvalue weighted by atomic mass is 10.2. The Morgan fingerprint density at radius 2 is 2.12 bits per heavy atom. The molecule has 6 nitrogen and oxygen atoms in total. The summed E-state index contributed by atoms with van der Waals surface area (Å²) in [6.45, 7) is 8.05. The molecule has 0 radical (unpaired) electrons. The Morgan fingerprint density at radius 3 is 2.76 bits per heavy atom. The Labute approximate surface area is 147 Å². The number of hydrogen-bond donors (Lipinski definition) is 1. The lowest BCUT2D eigenvalue weighted by Crippen LogP contribution is -2.38. The van der Waals surface area contributed by atoms with Gasteiger partial charge < -0.3 is 14.8 Å². The SMILES string of the molecule is CCn1c(C)cc(C(=O)N[C@@H]2CCN(C(=O)c3ccccn3)C2)c1C. The van der Waals surface area contributed by atoms with Gasteiger partial charge in [0, 0.05) is 43.3 Å². The van der Waals surface area contributed by atoms with Crippen LogP contribution in [-0.2, 0) is 6.54 Å². The number of rotatable bonds is 4. The third-order valence-corrected chi connectivity index (χ3v) is 4.83. The van der Waals surface area contributed by atoms with E-state index in [9.17, 15) is 9.59 Å². The predicted octanol–water partition coefficient (Wildman–Crippen LogP) is 2.16. The molecular weight excluding hydrogens is 316 g/mol. The molecule has 1 saturated heterocycles. The molecule has 0 bridgehead atoms. The summed E-state index contributed by atoms with van der Waals surface area (Å²) in [7, 11) is 0. The Morgan fingerprint density at radius 1 is 1.32 bits per heavy atom. The summed E-state index contributed by atoms with van der Waals surface area (Å²) >= 11 is 0. The largest absolute Gasteiger partial charge is 0.349 e. The molecule has 1 atom stereocenters. The van der Waals surface area contributed by atoms with Gasteiger partial charge >= 0.3 is 0 Å². The Balaban J connectivity index is 1.63. The lowest BCUT2D eigenvalue weighted by Gasteiger charge is -2.16. The zero-order chi connectivity index (χ0) is 18.0. The standard InChI is InChI=1S/C19H24N4O2/c1-4-23-13(2)11-16(14(23)3)18(24)21-15-8-10-22(12-15)19(25)17-7-5-6-9-20-17/h5-7,9,11,15H,4,8,10,12H2,1-3H3,(H,21,24)/t15-/m1/s1. The smallest absolute Gasteiger partial charge is 0.272 e. The molecule has 25 heavy (non-hydrogen) atoms. The fraction of sp³-hybridized carbons (Fsp3) is 0.421. The fourth-order valence-corrected chi connectivity index (χ4v) is 3.49. The molecule has 2 amide bonds. The van der Waals surface area contributed by atoms with Crippen LogP contribution < -0.4 is 5.32 Å². The fourth-order valence-electron chi connectivity index (χ4n) is 3.49. The summed E-state index contributed by atoms with van der Waals surface area (Å²) < 4.78 is 2.13. The maximum absolute atomic E-state index is 12.6. The minimum atomic E-state index is -0.0819. The normalized spacial score (nSPS) is 16.9. The monoisotopic (exact) mass is 340 g/mol. The number of aromatic nitrogens is 2. The number of aryl methyl sites for hydroxylation is 1. The second kappa shape index (κ2) is 7.09. The van der Waals surface area contributed by atoms with E-state index in [0.29, 0.717) is 24.3 Å². The van der Waals surface area contributed by atoms with Crippen molar-refractivity contribution < 1.29 is 9.59 Å². The topological polar surface area (TPSA) is 67.2 Å². The van der Waals surface area contributed by atoms with Crippen LogP contribution in [0.4, 0.5) is 0 Å². The molecule has 0 aliphatic carbocycles. The molecular formula is C19H24N4O2. The molecule has 1 N–H and O–H groups in total. The summed E-state index contributed by atoms with van der Waals surface area (Å²) in [5, 5.41) is 3.07. The van der Waals surface area contributed by atoms with Crippen molar-refractivity contribution in [3.8, 4) is 0 Å². The summed E-state index contributed by atoms with van der Waals surface area (Å²) in [6.07, 6.45) is 2.38. The molecule has 2 aromatic rings. The quantitative estimate of drug-likeness (QED) is 0.927. The van der Waals surface area contributed by atoms with Gasteiger partial charge in [0.1, 0.15) is 5.69 Å². The zero-order valence-corrected chi connectivity index (χ0v) is 15.0. The van der Waals surface area contributed by atoms with Crippen LogP contribution >= 0.6 is 0 Å². The van der Waals surface area contributed by atoms with E-state index in [1.807, 2.05) is 19.9 Å². The van der Waals surface area contributed by atoms with Gasteiger partial charge in [-0.3, -0.25) is 14.6 Å². The van der Waals surface area contributed by atoms with E-state index < -0.39 is 0 Å². The highest BCUT2D eigenvalue weighted by Gasteiger charge is 2.29. The van der Waals surface area contributed by atoms with Gasteiger partial charge in [-0.2, -0.15) is 0 Å². The molecule has 6 heteroatoms. The first-order chi connectivity index (χ1) is 12.0. The molecule has 0 unspecified atom stereocenters. The highest BCUT2D eigenvalue weighted by atomic mass is 16.2. The van der Waals surface area contributed by atoms with Gasteiger partial charge in [0.05, 0.1) is 5.56 Å². The van der Waals surface area contributed by atoms with Crippen LogP contribution in [0.5, 0.6) is 0 Å². The second-order valence-electron chi connectivity index (χ2n) is 6.45. The minimum Gasteiger partial charge on any atom is -0.349 e. The average Bonchev–Trinajstić information content (AvgIpc) is 3.19. The summed E-state index contributed by atoms with van der Waals surface area (Å²) in [5.41, 5.74) is 3.23. The van der Waals surface area contributed by atoms with Crippen LogP contribution in [0.1, 0.15) is 45.6 Å². The van der Waals surface area contributed by atoms with Crippen LogP contribution in [0.25, 0.3) is 0 Å². The van der Waals surface area contributed by atoms with Crippen LogP contribution in [0.3, 0.4) is 0 Å². The van der Waals surface area contributed by atoms with Gasteiger partial charge in [0.2, 0.25) is 0 Å². The van der Waals surface area contributed by atoms with Crippen molar-refractivity contribution in [1.29, 1.82) is 0 Å². The van der Waals surface area contributed by atoms with Crippen molar-refractivity contribution in [2.24, 2.45) is 0 Å². The molecule has 0 spiro atoms. The number of hydrogen-bond acceptors (Lipinski definition) is 3. The van der Waals surface area contributed by atoms with Crippen molar-refractivity contribution in [3.63, 3.8) is 0 Å². The molecule has 132 valence electrons. The van der Waals surface area contributed by atoms with Crippen molar-refractivity contribution >= 4 is 11.8 Å². The van der Waals surface area contributed by atoms with Gasteiger partial charge in [0.15, 0.2) is 0 Å². The van der Waals surface area contributed by atoms with E-state index in [2.05, 4.69) is 21.8 Å². The molecule has 0 saturated carbocycles. The number of carbonyl (C=O) groups excluding carboxylic acids is 2. The van der Waals surface area contributed by atoms with E-state index in [0.717, 1.165) is 24.4 Å². The zero-order valence-electron chi connectivity index (χ0n) is 15.0. The van der Waals surface area contributed by atoms with Gasteiger partial charge in [0.25, 0.3) is 11.8 Å². The van der Waals surface area contributed by atoms with Gasteiger partial charge in [-0.15, -0.1) is 0 Å². The van der Waals surface area contributed by atoms with Crippen LogP contribution in [0.15, 0.2) is 30.5 Å². The van der Waals surface area contributed by atoms with Gasteiger partial charge in [-0.05, 0) is 45.4 Å². The van der Waals surface area contributed by atoms with E-state index >= 15 is 0 Å². The second-order valence-corrected chi connectivity index (χ2v) is 6.45. The highest BCUT2D eigenvalue weighted by Crippen LogP contribution is 2.17. The first-order valence-corrected chi connectivity index (χ1v) is 8.69. The summed E-state index contributed by atoms with van der Waals surface area (Å²) in [5.74, 6) is -0.147. The van der Waals surface area contributed by atoms with Crippen molar-refractivity contribution in [2.45, 2.75) is 39.8 Å². The Hall–Kier alpha value is -2.63. The molecule has 2 aromatic heterocycles. The van der Waals surface area contributed by atoms with Crippen LogP contribution in [0.2, 0.25) is 0 Å². The molecule has 1 aliphatic rings. The average molecular weight is 340 g/mol. The van der Waals surface area contributed by atoms with E-state index in [1.165, 1.54) is 0 Å². The number of nitrogens with zero attached hydrogens (tertiary/aromatic N) is 3.